The molecular weight excluding hydrogens is 678 g/mol. The van der Waals surface area contributed by atoms with Crippen molar-refractivity contribution in [3.8, 4) is 11.5 Å². The van der Waals surface area contributed by atoms with Crippen LogP contribution in [-0.4, -0.2) is 38.5 Å². The predicted octanol–water partition coefficient (Wildman–Crippen LogP) is 7.36. The van der Waals surface area contributed by atoms with E-state index in [4.69, 9.17) is 27.8 Å². The van der Waals surface area contributed by atoms with Crippen molar-refractivity contribution >= 4 is 11.9 Å². The Morgan fingerprint density at radius 1 is 0.640 bits per heavy atom. The van der Waals surface area contributed by atoms with Crippen LogP contribution >= 0.6 is 0 Å². The second-order valence-electron chi connectivity index (χ2n) is 10.5. The summed E-state index contributed by atoms with van der Waals surface area (Å²) in [5.74, 6) is -1.02. The topological polar surface area (TPSA) is 121 Å². The van der Waals surface area contributed by atoms with Crippen molar-refractivity contribution in [2.75, 3.05) is 14.1 Å². The molecule has 0 saturated carbocycles. The maximum Gasteiger partial charge on any atom is 0.416 e. The molecule has 0 aliphatic carbocycles. The first kappa shape index (κ1) is 37.6. The molecule has 16 heteroatoms. The number of furan rings is 2. The number of halogens is 6. The molecule has 50 heavy (non-hydrogen) atoms. The Morgan fingerprint density at radius 3 is 1.28 bits per heavy atom. The van der Waals surface area contributed by atoms with Crippen LogP contribution in [0.1, 0.15) is 47.7 Å². The second-order valence-corrected chi connectivity index (χ2v) is 10.5. The summed E-state index contributed by atoms with van der Waals surface area (Å²) < 4.78 is 111. The summed E-state index contributed by atoms with van der Waals surface area (Å²) in [6.07, 6.45) is -8.44. The molecule has 2 aromatic carbocycles. The van der Waals surface area contributed by atoms with E-state index in [0.29, 0.717) is 11.5 Å². The fourth-order valence-electron chi connectivity index (χ4n) is 4.50. The molecule has 0 radical (unpaired) electrons. The number of hydrogen-bond donors (Lipinski definition) is 2. The predicted molar refractivity (Wildman–Crippen MR) is 163 cm³/mol. The average molecular weight is 711 g/mol. The molecule has 0 bridgehead atoms. The lowest BCUT2D eigenvalue weighted by Gasteiger charge is -2.23. The van der Waals surface area contributed by atoms with Gasteiger partial charge in [-0.05, 0) is 86.9 Å². The number of carbonyl (C=O) groups is 2. The SMILES string of the molecule is CNC(CC(Oc1ccc(C(F)(F)F)cc1)c1ccco1)OC(=O)/C=C\C(=O)OC(CC(Oc1ccc(C(F)(F)F)cc1)c1ccco1)NC. The molecule has 0 saturated heterocycles. The smallest absolute Gasteiger partial charge is 0.416 e. The Balaban J connectivity index is 1.34. The van der Waals surface area contributed by atoms with Gasteiger partial charge >= 0.3 is 24.3 Å². The van der Waals surface area contributed by atoms with Crippen molar-refractivity contribution in [1.29, 1.82) is 0 Å². The van der Waals surface area contributed by atoms with Crippen molar-refractivity contribution in [3.05, 3.63) is 120 Å². The van der Waals surface area contributed by atoms with Crippen LogP contribution in [0.4, 0.5) is 26.3 Å². The van der Waals surface area contributed by atoms with Crippen LogP contribution in [-0.2, 0) is 31.4 Å². The Hall–Kier alpha value is -5.22. The van der Waals surface area contributed by atoms with Crippen LogP contribution in [0.5, 0.6) is 11.5 Å². The number of rotatable bonds is 16. The van der Waals surface area contributed by atoms with Gasteiger partial charge in [-0.25, -0.2) is 9.59 Å². The molecular formula is C34H32F6N2O8. The van der Waals surface area contributed by atoms with E-state index in [1.165, 1.54) is 26.6 Å². The van der Waals surface area contributed by atoms with Gasteiger partial charge in [0.2, 0.25) is 0 Å². The summed E-state index contributed by atoms with van der Waals surface area (Å²) in [5, 5.41) is 5.56. The largest absolute Gasteiger partial charge is 0.482 e. The highest BCUT2D eigenvalue weighted by Crippen LogP contribution is 2.34. The number of ether oxygens (including phenoxy) is 4. The maximum absolute atomic E-state index is 13.0. The quantitative estimate of drug-likeness (QED) is 0.0528. The third kappa shape index (κ3) is 11.2. The zero-order chi connectivity index (χ0) is 36.3. The van der Waals surface area contributed by atoms with Gasteiger partial charge in [0.05, 0.1) is 23.7 Å². The molecule has 10 nitrogen and oxygen atoms in total. The summed E-state index contributed by atoms with van der Waals surface area (Å²) >= 11 is 0. The molecule has 0 amide bonds. The summed E-state index contributed by atoms with van der Waals surface area (Å²) in [6.45, 7) is 0. The van der Waals surface area contributed by atoms with E-state index in [-0.39, 0.29) is 24.3 Å². The van der Waals surface area contributed by atoms with E-state index in [9.17, 15) is 35.9 Å². The molecule has 4 atom stereocenters. The van der Waals surface area contributed by atoms with Crippen LogP contribution in [0.15, 0.2) is 106 Å². The van der Waals surface area contributed by atoms with E-state index in [2.05, 4.69) is 10.6 Å². The zero-order valence-electron chi connectivity index (χ0n) is 26.5. The number of nitrogens with one attached hydrogen (secondary N) is 2. The van der Waals surface area contributed by atoms with Gasteiger partial charge in [0, 0.05) is 25.0 Å². The molecule has 2 aromatic heterocycles. The van der Waals surface area contributed by atoms with Gasteiger partial charge in [-0.2, -0.15) is 26.3 Å². The van der Waals surface area contributed by atoms with Crippen LogP contribution in [0.2, 0.25) is 0 Å². The normalized spacial score (nSPS) is 14.5. The van der Waals surface area contributed by atoms with Crippen molar-refractivity contribution in [1.82, 2.24) is 10.6 Å². The lowest BCUT2D eigenvalue weighted by molar-refractivity contribution is -0.148. The van der Waals surface area contributed by atoms with E-state index >= 15 is 0 Å². The van der Waals surface area contributed by atoms with Gasteiger partial charge in [-0.15, -0.1) is 0 Å². The van der Waals surface area contributed by atoms with E-state index in [1.807, 2.05) is 0 Å². The van der Waals surface area contributed by atoms with E-state index in [1.54, 1.807) is 24.3 Å². The summed E-state index contributed by atoms with van der Waals surface area (Å²) in [6, 6.07) is 14.5. The van der Waals surface area contributed by atoms with Gasteiger partial charge in [-0.1, -0.05) is 0 Å². The highest BCUT2D eigenvalue weighted by molar-refractivity contribution is 5.91. The first-order valence-corrected chi connectivity index (χ1v) is 14.9. The van der Waals surface area contributed by atoms with Gasteiger partial charge < -0.3 is 27.8 Å². The van der Waals surface area contributed by atoms with Crippen LogP contribution in [0.25, 0.3) is 0 Å². The molecule has 2 heterocycles. The monoisotopic (exact) mass is 710 g/mol. The van der Waals surface area contributed by atoms with Crippen molar-refractivity contribution in [2.24, 2.45) is 0 Å². The first-order valence-electron chi connectivity index (χ1n) is 14.9. The first-order chi connectivity index (χ1) is 23.7. The fraction of sp³-hybridized carbons (Fsp3) is 0.294. The van der Waals surface area contributed by atoms with E-state index in [0.717, 1.165) is 60.7 Å². The average Bonchev–Trinajstić information content (AvgIpc) is 3.81. The van der Waals surface area contributed by atoms with Gasteiger partial charge in [-0.3, -0.25) is 10.6 Å². The lowest BCUT2D eigenvalue weighted by Crippen LogP contribution is -2.34. The number of alkyl halides is 6. The molecule has 2 N–H and O–H groups in total. The van der Waals surface area contributed by atoms with Crippen LogP contribution in [0.3, 0.4) is 0 Å². The van der Waals surface area contributed by atoms with Gasteiger partial charge in [0.25, 0.3) is 0 Å². The zero-order valence-corrected chi connectivity index (χ0v) is 26.5. The number of carbonyl (C=O) groups excluding carboxylic acids is 2. The molecule has 268 valence electrons. The summed E-state index contributed by atoms with van der Waals surface area (Å²) in [4.78, 5) is 25.2. The number of hydrogen-bond acceptors (Lipinski definition) is 10. The molecule has 4 aromatic rings. The molecule has 4 rings (SSSR count). The number of esters is 2. The highest BCUT2D eigenvalue weighted by atomic mass is 19.4. The number of benzene rings is 2. The molecule has 0 fully saturated rings. The summed E-state index contributed by atoms with van der Waals surface area (Å²) in [7, 11) is 2.99. The Kier molecular flexibility index (Phi) is 12.7. The minimum absolute atomic E-state index is 0.0377. The van der Waals surface area contributed by atoms with Crippen LogP contribution < -0.4 is 20.1 Å². The molecule has 4 unspecified atom stereocenters. The summed E-state index contributed by atoms with van der Waals surface area (Å²) in [5.41, 5.74) is -1.70. The maximum atomic E-state index is 13.0. The van der Waals surface area contributed by atoms with Crippen molar-refractivity contribution < 1.29 is 63.7 Å². The Bertz CT molecular complexity index is 1530. The van der Waals surface area contributed by atoms with Crippen LogP contribution in [0, 0.1) is 0 Å². The van der Waals surface area contributed by atoms with Crippen molar-refractivity contribution in [3.63, 3.8) is 0 Å². The van der Waals surface area contributed by atoms with Crippen molar-refractivity contribution in [2.45, 2.75) is 49.9 Å². The van der Waals surface area contributed by atoms with E-state index < -0.39 is 60.1 Å². The minimum Gasteiger partial charge on any atom is -0.482 e. The standard InChI is InChI=1S/C34H32F6N2O8/c1-41-29(19-27(25-5-3-17-45-25)47-23-11-7-21(8-12-23)33(35,36)37)49-31(43)15-16-32(44)50-30(42-2)20-28(26-6-4-18-46-26)48-24-13-9-22(10-14-24)34(38,39)40/h3-18,27-30,41-42H,19-20H2,1-2H3/b16-15-. The molecule has 0 spiro atoms. The Morgan fingerprint density at radius 2 is 1.00 bits per heavy atom. The van der Waals surface area contributed by atoms with Gasteiger partial charge in [0.1, 0.15) is 23.0 Å². The third-order valence-corrected chi connectivity index (χ3v) is 7.01. The minimum atomic E-state index is -4.52. The Labute approximate surface area is 281 Å². The highest BCUT2D eigenvalue weighted by Gasteiger charge is 2.32. The molecule has 0 aliphatic rings. The second kappa shape index (κ2) is 16.9. The van der Waals surface area contributed by atoms with Gasteiger partial charge in [0.15, 0.2) is 24.7 Å². The fourth-order valence-corrected chi connectivity index (χ4v) is 4.50. The third-order valence-electron chi connectivity index (χ3n) is 7.01. The molecule has 0 aliphatic heterocycles. The lowest BCUT2D eigenvalue weighted by atomic mass is 10.1.